The van der Waals surface area contributed by atoms with Crippen LogP contribution in [0.3, 0.4) is 0 Å². The number of fused-ring (bicyclic) bond motifs is 4. The fraction of sp³-hybridized carbons (Fsp3) is 0.481. The molecular weight excluding hydrogens is 448 g/mol. The maximum Gasteiger partial charge on any atom is 0.254 e. The van der Waals surface area contributed by atoms with Crippen molar-refractivity contribution in [3.05, 3.63) is 58.7 Å². The zero-order chi connectivity index (χ0) is 24.9. The Hall–Kier alpha value is -3.10. The quantitative estimate of drug-likeness (QED) is 0.522. The van der Waals surface area contributed by atoms with Gasteiger partial charge in [0.25, 0.3) is 5.91 Å². The van der Waals surface area contributed by atoms with Gasteiger partial charge in [0.05, 0.1) is 26.2 Å². The van der Waals surface area contributed by atoms with E-state index >= 15 is 0 Å². The standard InChI is InChI=1S/C27H34N2O6/c1-5-34-23(35-6-2)11-13-28-26(30)24-19-15-21(32-3)22(33-4)16-20(19)27(31)29-14-12-17-9-7-8-10-18(17)25(24)29/h7-10,15-16,23-25H,5-6,11-14H2,1-4H3,(H,28,30)/t24-,25+/m0/s1. The maximum absolute atomic E-state index is 13.8. The summed E-state index contributed by atoms with van der Waals surface area (Å²) in [5.74, 6) is 0.108. The van der Waals surface area contributed by atoms with E-state index in [4.69, 9.17) is 18.9 Å². The van der Waals surface area contributed by atoms with Crippen LogP contribution in [-0.2, 0) is 20.7 Å². The molecule has 2 aromatic rings. The van der Waals surface area contributed by atoms with E-state index in [1.165, 1.54) is 7.11 Å². The highest BCUT2D eigenvalue weighted by molar-refractivity contribution is 6.02. The van der Waals surface area contributed by atoms with Gasteiger partial charge in [0.2, 0.25) is 5.91 Å². The van der Waals surface area contributed by atoms with Gasteiger partial charge in [-0.05, 0) is 49.1 Å². The predicted molar refractivity (Wildman–Crippen MR) is 131 cm³/mol. The normalized spacial score (nSPS) is 18.5. The Bertz CT molecular complexity index is 1070. The molecule has 2 aliphatic heterocycles. The number of amides is 2. The summed E-state index contributed by atoms with van der Waals surface area (Å²) in [5.41, 5.74) is 3.29. The van der Waals surface area contributed by atoms with E-state index in [1.54, 1.807) is 19.2 Å². The average Bonchev–Trinajstić information content (AvgIpc) is 2.88. The summed E-state index contributed by atoms with van der Waals surface area (Å²) in [6.07, 6.45) is 0.907. The zero-order valence-corrected chi connectivity index (χ0v) is 20.8. The van der Waals surface area contributed by atoms with Gasteiger partial charge in [-0.2, -0.15) is 0 Å². The zero-order valence-electron chi connectivity index (χ0n) is 20.8. The summed E-state index contributed by atoms with van der Waals surface area (Å²) in [6, 6.07) is 11.1. The molecule has 0 aliphatic carbocycles. The number of carbonyl (C=O) groups excluding carboxylic acids is 2. The number of rotatable bonds is 10. The van der Waals surface area contributed by atoms with Crippen LogP contribution in [0.5, 0.6) is 11.5 Å². The average molecular weight is 483 g/mol. The maximum atomic E-state index is 13.8. The summed E-state index contributed by atoms with van der Waals surface area (Å²) < 4.78 is 22.2. The lowest BCUT2D eigenvalue weighted by Gasteiger charge is -2.45. The van der Waals surface area contributed by atoms with Gasteiger partial charge >= 0.3 is 0 Å². The monoisotopic (exact) mass is 482 g/mol. The van der Waals surface area contributed by atoms with E-state index in [0.29, 0.717) is 55.4 Å². The molecule has 35 heavy (non-hydrogen) atoms. The third-order valence-corrected chi connectivity index (χ3v) is 6.70. The van der Waals surface area contributed by atoms with E-state index in [1.807, 2.05) is 36.9 Å². The van der Waals surface area contributed by atoms with Gasteiger partial charge in [-0.25, -0.2) is 0 Å². The van der Waals surface area contributed by atoms with Gasteiger partial charge in [-0.15, -0.1) is 0 Å². The summed E-state index contributed by atoms with van der Waals surface area (Å²) >= 11 is 0. The number of nitrogens with one attached hydrogen (secondary N) is 1. The van der Waals surface area contributed by atoms with Crippen molar-refractivity contribution in [2.24, 2.45) is 0 Å². The highest BCUT2D eigenvalue weighted by atomic mass is 16.7. The van der Waals surface area contributed by atoms with Gasteiger partial charge in [0.15, 0.2) is 17.8 Å². The second-order valence-corrected chi connectivity index (χ2v) is 8.58. The third kappa shape index (κ3) is 4.86. The molecule has 0 aromatic heterocycles. The Morgan fingerprint density at radius 1 is 1.06 bits per heavy atom. The lowest BCUT2D eigenvalue weighted by Crippen LogP contribution is -2.50. The minimum absolute atomic E-state index is 0.0998. The molecular formula is C27H34N2O6. The first kappa shape index (κ1) is 25.0. The van der Waals surface area contributed by atoms with Crippen LogP contribution < -0.4 is 14.8 Å². The van der Waals surface area contributed by atoms with Crippen molar-refractivity contribution in [1.29, 1.82) is 0 Å². The summed E-state index contributed by atoms with van der Waals surface area (Å²) in [7, 11) is 3.09. The highest BCUT2D eigenvalue weighted by Gasteiger charge is 2.46. The van der Waals surface area contributed by atoms with Gasteiger partial charge in [-0.3, -0.25) is 9.59 Å². The van der Waals surface area contributed by atoms with Crippen LogP contribution >= 0.6 is 0 Å². The number of carbonyl (C=O) groups is 2. The number of nitrogens with zero attached hydrogens (tertiary/aromatic N) is 1. The highest BCUT2D eigenvalue weighted by Crippen LogP contribution is 2.48. The van der Waals surface area contributed by atoms with Gasteiger partial charge in [0.1, 0.15) is 0 Å². The van der Waals surface area contributed by atoms with Gasteiger partial charge in [-0.1, -0.05) is 24.3 Å². The molecule has 2 atom stereocenters. The molecule has 4 rings (SSSR count). The molecule has 0 unspecified atom stereocenters. The lowest BCUT2D eigenvalue weighted by atomic mass is 9.75. The van der Waals surface area contributed by atoms with Crippen LogP contribution in [0.15, 0.2) is 36.4 Å². The van der Waals surface area contributed by atoms with Crippen LogP contribution in [0.2, 0.25) is 0 Å². The first-order valence-electron chi connectivity index (χ1n) is 12.2. The molecule has 8 heteroatoms. The summed E-state index contributed by atoms with van der Waals surface area (Å²) in [5, 5.41) is 3.08. The Kier molecular flexibility index (Phi) is 7.93. The number of benzene rings is 2. The van der Waals surface area contributed by atoms with Crippen LogP contribution in [0, 0.1) is 0 Å². The van der Waals surface area contributed by atoms with Crippen molar-refractivity contribution in [2.75, 3.05) is 40.5 Å². The van der Waals surface area contributed by atoms with Crippen LogP contribution in [0.25, 0.3) is 0 Å². The molecule has 0 saturated carbocycles. The smallest absolute Gasteiger partial charge is 0.254 e. The molecule has 1 N–H and O–H groups in total. The largest absolute Gasteiger partial charge is 0.493 e. The van der Waals surface area contributed by atoms with Crippen LogP contribution in [0.1, 0.15) is 59.3 Å². The van der Waals surface area contributed by atoms with Crippen molar-refractivity contribution in [3.63, 3.8) is 0 Å². The third-order valence-electron chi connectivity index (χ3n) is 6.70. The van der Waals surface area contributed by atoms with E-state index in [2.05, 4.69) is 11.4 Å². The number of hydrogen-bond acceptors (Lipinski definition) is 6. The van der Waals surface area contributed by atoms with Gasteiger partial charge in [0, 0.05) is 38.3 Å². The number of hydrogen-bond donors (Lipinski definition) is 1. The summed E-state index contributed by atoms with van der Waals surface area (Å²) in [4.78, 5) is 29.2. The molecule has 0 saturated heterocycles. The Morgan fingerprint density at radius 2 is 1.74 bits per heavy atom. The Balaban J connectivity index is 1.71. The Morgan fingerprint density at radius 3 is 2.43 bits per heavy atom. The molecule has 2 heterocycles. The van der Waals surface area contributed by atoms with Crippen LogP contribution in [-0.4, -0.2) is 63.5 Å². The van der Waals surface area contributed by atoms with Crippen molar-refractivity contribution in [3.8, 4) is 11.5 Å². The van der Waals surface area contributed by atoms with E-state index < -0.39 is 12.0 Å². The first-order valence-corrected chi connectivity index (χ1v) is 12.2. The van der Waals surface area contributed by atoms with Crippen molar-refractivity contribution < 1.29 is 28.5 Å². The molecule has 0 fully saturated rings. The fourth-order valence-electron chi connectivity index (χ4n) is 5.14. The second kappa shape index (κ2) is 11.1. The molecule has 0 radical (unpaired) electrons. The minimum atomic E-state index is -0.596. The predicted octanol–water partition coefficient (Wildman–Crippen LogP) is 3.45. The van der Waals surface area contributed by atoms with Crippen molar-refractivity contribution >= 4 is 11.8 Å². The molecule has 2 aliphatic rings. The topological polar surface area (TPSA) is 86.3 Å². The second-order valence-electron chi connectivity index (χ2n) is 8.58. The minimum Gasteiger partial charge on any atom is -0.493 e. The SMILES string of the molecule is CCOC(CCNC(=O)[C@H]1c2cc(OC)c(OC)cc2C(=O)N2CCc3ccccc3[C@H]12)OCC. The lowest BCUT2D eigenvalue weighted by molar-refractivity contribution is -0.140. The van der Waals surface area contributed by atoms with E-state index in [0.717, 1.165) is 17.5 Å². The summed E-state index contributed by atoms with van der Waals surface area (Å²) in [6.45, 7) is 5.84. The van der Waals surface area contributed by atoms with Gasteiger partial charge < -0.3 is 29.2 Å². The molecule has 0 spiro atoms. The van der Waals surface area contributed by atoms with Crippen molar-refractivity contribution in [1.82, 2.24) is 10.2 Å². The molecule has 8 nitrogen and oxygen atoms in total. The molecule has 188 valence electrons. The van der Waals surface area contributed by atoms with Crippen LogP contribution in [0.4, 0.5) is 0 Å². The molecule has 2 amide bonds. The fourth-order valence-corrected chi connectivity index (χ4v) is 5.14. The molecule has 2 aromatic carbocycles. The first-order chi connectivity index (χ1) is 17.0. The molecule has 0 bridgehead atoms. The van der Waals surface area contributed by atoms with E-state index in [9.17, 15) is 9.59 Å². The Labute approximate surface area is 206 Å². The number of methoxy groups -OCH3 is 2. The van der Waals surface area contributed by atoms with E-state index in [-0.39, 0.29) is 18.1 Å². The van der Waals surface area contributed by atoms with Crippen molar-refractivity contribution in [2.45, 2.75) is 44.9 Å². The number of ether oxygens (including phenoxy) is 4.